The fraction of sp³-hybridized carbons (Fsp3) is 0.179. The molecule has 0 aliphatic heterocycles. The van der Waals surface area contributed by atoms with E-state index in [0.717, 1.165) is 33.5 Å². The summed E-state index contributed by atoms with van der Waals surface area (Å²) >= 11 is 0. The number of amides is 3. The molecule has 0 bridgehead atoms. The lowest BCUT2D eigenvalue weighted by Crippen LogP contribution is -2.28. The fourth-order valence-corrected chi connectivity index (χ4v) is 10.3. The average molecular weight is 1420 g/mol. The van der Waals surface area contributed by atoms with Gasteiger partial charge in [0.15, 0.2) is 22.7 Å². The Hall–Kier alpha value is -13.0. The number of aromatic amines is 2. The number of hydrogen-bond donors (Lipinski definition) is 6. The Kier molecular flexibility index (Phi) is 19.8. The molecule has 26 nitrogen and oxygen atoms in total. The smallest absolute Gasteiger partial charge is 0.420 e. The van der Waals surface area contributed by atoms with Crippen LogP contribution < -0.4 is 16.0 Å². The number of aromatic nitrogens is 12. The SMILES string of the molecule is COC(=O)c1cc(C(=O)Nc2ccc3cc(-c4ccccc4C(F)(F)F)[nH]c3n2)n(C)n1.COC(=O)c1cc(C(=O)Nc2ccc3cc(-c4ccccc4C(F)(F)F)n(C(=O)OC(C)(C)C)c3n2)n(C)n1.Cn1nc(C(=O)O)cc1C(=O)Nc1ccc2cc(-c3ccccc3C(F)(F)F)[nH]c2n1. The Morgan fingerprint density at radius 3 is 1.18 bits per heavy atom. The highest BCUT2D eigenvalue weighted by Crippen LogP contribution is 2.41. The van der Waals surface area contributed by atoms with Crippen molar-refractivity contribution in [3.8, 4) is 33.8 Å². The van der Waals surface area contributed by atoms with Crippen LogP contribution in [-0.4, -0.2) is 125 Å². The number of halogens is 9. The van der Waals surface area contributed by atoms with Crippen LogP contribution in [0.15, 0.2) is 146 Å². The van der Waals surface area contributed by atoms with Gasteiger partial charge in [-0.15, -0.1) is 0 Å². The van der Waals surface area contributed by atoms with Gasteiger partial charge in [-0.1, -0.05) is 54.6 Å². The van der Waals surface area contributed by atoms with Gasteiger partial charge in [-0.2, -0.15) is 54.8 Å². The lowest BCUT2D eigenvalue weighted by molar-refractivity contribution is -0.137. The summed E-state index contributed by atoms with van der Waals surface area (Å²) in [6, 6.07) is 32.5. The highest BCUT2D eigenvalue weighted by atomic mass is 19.4. The second-order valence-electron chi connectivity index (χ2n) is 23.0. The summed E-state index contributed by atoms with van der Waals surface area (Å²) in [6.07, 6.45) is -14.7. The molecule has 526 valence electrons. The number of hydrogen-bond acceptors (Lipinski definition) is 16. The van der Waals surface area contributed by atoms with Gasteiger partial charge in [0.25, 0.3) is 17.7 Å². The largest absolute Gasteiger partial charge is 0.476 e. The topological polar surface area (TPSA) is 332 Å². The molecule has 0 aliphatic rings. The molecule has 6 N–H and O–H groups in total. The van der Waals surface area contributed by atoms with E-state index >= 15 is 0 Å². The zero-order valence-corrected chi connectivity index (χ0v) is 54.3. The van der Waals surface area contributed by atoms with E-state index < -0.39 is 82.5 Å². The maximum Gasteiger partial charge on any atom is 0.420 e. The monoisotopic (exact) mass is 1420 g/mol. The summed E-state index contributed by atoms with van der Waals surface area (Å²) in [5.41, 5.74) is -3.05. The lowest BCUT2D eigenvalue weighted by Gasteiger charge is -2.21. The van der Waals surface area contributed by atoms with Crippen LogP contribution in [0.25, 0.3) is 66.9 Å². The molecule has 0 fully saturated rings. The third kappa shape index (κ3) is 15.8. The van der Waals surface area contributed by atoms with Gasteiger partial charge < -0.3 is 45.2 Å². The molecular formula is C67H54F9N15O11. The number of carbonyl (C=O) groups is 7. The van der Waals surface area contributed by atoms with Gasteiger partial charge in [-0.05, 0) is 93.6 Å². The quantitative estimate of drug-likeness (QED) is 0.0376. The zero-order valence-electron chi connectivity index (χ0n) is 54.3. The molecule has 0 aliphatic carbocycles. The summed E-state index contributed by atoms with van der Waals surface area (Å²) in [7, 11) is 6.75. The number of methoxy groups -OCH3 is 2. The normalized spacial score (nSPS) is 11.7. The number of esters is 2. The lowest BCUT2D eigenvalue weighted by atomic mass is 10.0. The van der Waals surface area contributed by atoms with Crippen LogP contribution in [0.2, 0.25) is 0 Å². The first-order valence-electron chi connectivity index (χ1n) is 29.7. The molecule has 9 heterocycles. The summed E-state index contributed by atoms with van der Waals surface area (Å²) < 4.78 is 141. The Balaban J connectivity index is 0.000000166. The number of rotatable bonds is 12. The molecule has 0 saturated heterocycles. The Morgan fingerprint density at radius 2 is 0.804 bits per heavy atom. The van der Waals surface area contributed by atoms with Gasteiger partial charge in [0.05, 0.1) is 36.6 Å². The van der Waals surface area contributed by atoms with Crippen LogP contribution in [0.3, 0.4) is 0 Å². The van der Waals surface area contributed by atoms with Gasteiger partial charge in [0.2, 0.25) is 0 Å². The molecule has 0 radical (unpaired) electrons. The van der Waals surface area contributed by atoms with E-state index in [2.05, 4.69) is 65.6 Å². The number of aryl methyl sites for hydroxylation is 3. The van der Waals surface area contributed by atoms with Crippen molar-refractivity contribution in [1.29, 1.82) is 0 Å². The van der Waals surface area contributed by atoms with Crippen LogP contribution in [0.4, 0.5) is 61.8 Å². The number of aromatic carboxylic acids is 1. The minimum atomic E-state index is -4.69. The number of carboxylic acid groups (broad SMARTS) is 1. The Labute approximate surface area is 568 Å². The highest BCUT2D eigenvalue weighted by Gasteiger charge is 2.37. The maximum atomic E-state index is 13.8. The predicted octanol–water partition coefficient (Wildman–Crippen LogP) is 13.2. The zero-order chi connectivity index (χ0) is 74.1. The van der Waals surface area contributed by atoms with Crippen molar-refractivity contribution >= 4 is 92.3 Å². The highest BCUT2D eigenvalue weighted by molar-refractivity contribution is 6.07. The standard InChI is InChI=1S/C26H24F3N5O5.C21H16F3N5O3.C20H14F3N5O3/c1-25(2,3)39-24(37)34-18(15-8-6-7-9-16(15)26(27,28)29)12-14-10-11-20(30-21(14)34)31-22(35)19-13-17(23(36)38-5)32-33(19)4;1-29-16(10-15(28-29)20(31)32-2)19(30)27-17-8-7-11-9-14(25-18(11)26-17)12-5-3-4-6-13(12)21(22,23)24;1-28-15(9-14(27-28)19(30)31)18(29)26-16-7-6-10-8-13(24-17(10)25-16)11-4-2-3-5-12(11)20(21,22)23/h6-13H,1-5H3,(H,30,31,35);3-10H,1-2H3,(H2,25,26,27,30);2-9H,1H3,(H,30,31)(H2,24,25,26,29). The third-order valence-corrected chi connectivity index (χ3v) is 14.8. The first kappa shape index (κ1) is 71.8. The average Bonchev–Trinajstić information content (AvgIpc) is 1.60. The number of pyridine rings is 3. The molecule has 0 unspecified atom stereocenters. The molecule has 35 heteroatoms. The van der Waals surface area contributed by atoms with Crippen molar-refractivity contribution in [1.82, 2.24) is 58.8 Å². The number of carboxylic acids is 1. The molecule has 12 aromatic rings. The van der Waals surface area contributed by atoms with Crippen LogP contribution in [-0.2, 0) is 53.9 Å². The maximum absolute atomic E-state index is 13.8. The minimum Gasteiger partial charge on any atom is -0.476 e. The van der Waals surface area contributed by atoms with Gasteiger partial charge in [-0.3, -0.25) is 28.4 Å². The molecule has 12 rings (SSSR count). The Bertz CT molecular complexity index is 5290. The van der Waals surface area contributed by atoms with Crippen molar-refractivity contribution in [2.75, 3.05) is 30.2 Å². The van der Waals surface area contributed by atoms with Crippen molar-refractivity contribution in [2.24, 2.45) is 21.1 Å². The number of nitrogens with zero attached hydrogens (tertiary/aromatic N) is 10. The van der Waals surface area contributed by atoms with Crippen molar-refractivity contribution in [3.63, 3.8) is 0 Å². The molecule has 3 amide bonds. The number of ether oxygens (including phenoxy) is 3. The molecule has 0 spiro atoms. The van der Waals surface area contributed by atoms with E-state index in [1.165, 1.54) is 142 Å². The number of fused-ring (bicyclic) bond motifs is 3. The first-order chi connectivity index (χ1) is 48.0. The number of H-pyrrole nitrogens is 2. The first-order valence-corrected chi connectivity index (χ1v) is 29.7. The van der Waals surface area contributed by atoms with E-state index in [9.17, 15) is 73.1 Å². The summed E-state index contributed by atoms with van der Waals surface area (Å²) in [5, 5.41) is 29.7. The second-order valence-corrected chi connectivity index (χ2v) is 23.0. The molecular weight excluding hydrogens is 1360 g/mol. The van der Waals surface area contributed by atoms with E-state index in [1.54, 1.807) is 45.0 Å². The van der Waals surface area contributed by atoms with E-state index in [-0.39, 0.29) is 96.7 Å². The van der Waals surface area contributed by atoms with E-state index in [0.29, 0.717) is 21.8 Å². The summed E-state index contributed by atoms with van der Waals surface area (Å²) in [5.74, 6) is -4.28. The Morgan fingerprint density at radius 1 is 0.451 bits per heavy atom. The molecule has 9 aromatic heterocycles. The van der Waals surface area contributed by atoms with Crippen molar-refractivity contribution < 1.29 is 92.4 Å². The molecule has 3 aromatic carbocycles. The van der Waals surface area contributed by atoms with Gasteiger partial charge in [0.1, 0.15) is 51.4 Å². The summed E-state index contributed by atoms with van der Waals surface area (Å²) in [4.78, 5) is 104. The number of carbonyl (C=O) groups excluding carboxylic acids is 6. The predicted molar refractivity (Wildman–Crippen MR) is 348 cm³/mol. The van der Waals surface area contributed by atoms with Gasteiger partial charge in [0, 0.05) is 83.6 Å². The van der Waals surface area contributed by atoms with E-state index in [1.807, 2.05) is 0 Å². The van der Waals surface area contributed by atoms with Crippen LogP contribution in [0.5, 0.6) is 0 Å². The fourth-order valence-electron chi connectivity index (χ4n) is 10.3. The molecule has 0 atom stereocenters. The molecule has 0 saturated carbocycles. The summed E-state index contributed by atoms with van der Waals surface area (Å²) in [6.45, 7) is 4.86. The second kappa shape index (κ2) is 28.1. The van der Waals surface area contributed by atoms with Crippen LogP contribution in [0.1, 0.15) is 100 Å². The van der Waals surface area contributed by atoms with Crippen LogP contribution >= 0.6 is 0 Å². The number of alkyl halides is 9. The third-order valence-electron chi connectivity index (χ3n) is 14.8. The van der Waals surface area contributed by atoms with Crippen molar-refractivity contribution in [3.05, 3.63) is 196 Å². The van der Waals surface area contributed by atoms with Gasteiger partial charge in [-0.25, -0.2) is 38.7 Å². The number of benzene rings is 3. The van der Waals surface area contributed by atoms with Crippen LogP contribution in [0, 0.1) is 0 Å². The van der Waals surface area contributed by atoms with E-state index in [4.69, 9.17) is 9.84 Å². The number of nitrogens with one attached hydrogen (secondary N) is 5. The van der Waals surface area contributed by atoms with Crippen molar-refractivity contribution in [2.45, 2.75) is 44.9 Å². The number of anilines is 3. The minimum absolute atomic E-state index is 0.00516. The van der Waals surface area contributed by atoms with Gasteiger partial charge >= 0.3 is 42.5 Å². The molecule has 102 heavy (non-hydrogen) atoms.